The number of likely N-dealkylation sites (N-methyl/N-ethyl adjacent to an activating group) is 1. The van der Waals surface area contributed by atoms with Crippen molar-refractivity contribution in [2.24, 2.45) is 0 Å². The lowest BCUT2D eigenvalue weighted by atomic mass is 10.0. The number of carbonyl (C=O) groups is 1. The summed E-state index contributed by atoms with van der Waals surface area (Å²) in [7, 11) is 1.84. The van der Waals surface area contributed by atoms with Gasteiger partial charge in [0, 0.05) is 32.1 Å². The number of nitrogens with one attached hydrogen (secondary N) is 1. The number of hydrogen-bond acceptors (Lipinski definition) is 2. The molecule has 19 heavy (non-hydrogen) atoms. The molecule has 0 unspecified atom stereocenters. The molecule has 1 aliphatic heterocycles. The van der Waals surface area contributed by atoms with E-state index in [9.17, 15) is 4.79 Å². The second-order valence-corrected chi connectivity index (χ2v) is 5.83. The smallest absolute Gasteiger partial charge is 0.222 e. The van der Waals surface area contributed by atoms with Crippen LogP contribution in [0.25, 0.3) is 0 Å². The quantitative estimate of drug-likeness (QED) is 0.929. The summed E-state index contributed by atoms with van der Waals surface area (Å²) < 4.78 is 0. The van der Waals surface area contributed by atoms with E-state index in [2.05, 4.69) is 12.2 Å². The normalized spacial score (nSPS) is 21.6. The highest BCUT2D eigenvalue weighted by atomic mass is 35.5. The zero-order valence-electron chi connectivity index (χ0n) is 11.1. The molecule has 1 heterocycles. The summed E-state index contributed by atoms with van der Waals surface area (Å²) >= 11 is 12.3. The van der Waals surface area contributed by atoms with Gasteiger partial charge in [-0.25, -0.2) is 0 Å². The fourth-order valence-corrected chi connectivity index (χ4v) is 2.92. The average molecular weight is 301 g/mol. The molecule has 0 spiro atoms. The van der Waals surface area contributed by atoms with Gasteiger partial charge in [-0.3, -0.25) is 4.79 Å². The van der Waals surface area contributed by atoms with Gasteiger partial charge in [-0.15, -0.1) is 0 Å². The molecular formula is C14H18Cl2N2O. The Kier molecular flexibility index (Phi) is 4.71. The summed E-state index contributed by atoms with van der Waals surface area (Å²) in [5, 5.41) is 4.69. The number of carbonyl (C=O) groups excluding carboxylic acids is 1. The third-order valence-corrected chi connectivity index (χ3v) is 4.39. The third kappa shape index (κ3) is 3.41. The monoisotopic (exact) mass is 300 g/mol. The Morgan fingerprint density at radius 3 is 2.84 bits per heavy atom. The van der Waals surface area contributed by atoms with E-state index in [1.54, 1.807) is 11.0 Å². The van der Waals surface area contributed by atoms with Gasteiger partial charge in [0.1, 0.15) is 0 Å². The second kappa shape index (κ2) is 6.12. The molecule has 3 nitrogen and oxygen atoms in total. The first-order valence-corrected chi connectivity index (χ1v) is 7.18. The molecule has 1 aliphatic rings. The minimum atomic E-state index is 0.109. The number of piperidine rings is 1. The fourth-order valence-electron chi connectivity index (χ4n) is 2.45. The highest BCUT2D eigenvalue weighted by Crippen LogP contribution is 2.30. The summed E-state index contributed by atoms with van der Waals surface area (Å²) in [5.74, 6) is 0.214. The molecule has 5 heteroatoms. The van der Waals surface area contributed by atoms with Crippen molar-refractivity contribution in [2.75, 3.05) is 13.6 Å². The van der Waals surface area contributed by atoms with Gasteiger partial charge >= 0.3 is 0 Å². The number of hydrogen-bond donors (Lipinski definition) is 1. The largest absolute Gasteiger partial charge is 0.344 e. The fraction of sp³-hybridized carbons (Fsp3) is 0.500. The highest BCUT2D eigenvalue weighted by molar-refractivity contribution is 6.42. The molecule has 1 fully saturated rings. The van der Waals surface area contributed by atoms with Crippen LogP contribution in [0.4, 0.5) is 0 Å². The van der Waals surface area contributed by atoms with Gasteiger partial charge in [0.05, 0.1) is 10.0 Å². The Labute approximate surface area is 123 Å². The van der Waals surface area contributed by atoms with Crippen LogP contribution in [0.3, 0.4) is 0 Å². The summed E-state index contributed by atoms with van der Waals surface area (Å²) in [5.41, 5.74) is 0.994. The van der Waals surface area contributed by atoms with E-state index < -0.39 is 0 Å². The maximum atomic E-state index is 11.5. The minimum absolute atomic E-state index is 0.109. The van der Waals surface area contributed by atoms with Crippen LogP contribution in [0.15, 0.2) is 18.2 Å². The van der Waals surface area contributed by atoms with Crippen molar-refractivity contribution in [2.45, 2.75) is 31.8 Å². The number of nitrogens with zero attached hydrogens (tertiary/aromatic N) is 1. The third-order valence-electron chi connectivity index (χ3n) is 3.56. The van der Waals surface area contributed by atoms with E-state index in [4.69, 9.17) is 23.2 Å². The van der Waals surface area contributed by atoms with Gasteiger partial charge in [0.15, 0.2) is 0 Å². The number of rotatable bonds is 3. The van der Waals surface area contributed by atoms with Crippen LogP contribution in [0.5, 0.6) is 0 Å². The summed E-state index contributed by atoms with van der Waals surface area (Å²) in [6.07, 6.45) is 1.47. The van der Waals surface area contributed by atoms with Crippen LogP contribution >= 0.6 is 23.2 Å². The molecule has 1 saturated heterocycles. The molecule has 1 aromatic carbocycles. The molecule has 0 aromatic heterocycles. The molecule has 0 aliphatic carbocycles. The molecule has 0 radical (unpaired) electrons. The van der Waals surface area contributed by atoms with Crippen molar-refractivity contribution < 1.29 is 4.79 Å². The van der Waals surface area contributed by atoms with Crippen molar-refractivity contribution in [3.8, 4) is 0 Å². The predicted octanol–water partition coefficient (Wildman–Crippen LogP) is 3.26. The van der Waals surface area contributed by atoms with Crippen molar-refractivity contribution in [3.05, 3.63) is 33.8 Å². The SMILES string of the molecule is C[C@@H](N[C@@H]1CCC(=O)N(C)C1)c1cccc(Cl)c1Cl. The molecular weight excluding hydrogens is 283 g/mol. The average Bonchev–Trinajstić information content (AvgIpc) is 2.37. The van der Waals surface area contributed by atoms with E-state index in [0.29, 0.717) is 22.5 Å². The molecule has 1 amide bonds. The zero-order chi connectivity index (χ0) is 14.0. The number of likely N-dealkylation sites (tertiary alicyclic amines) is 1. The van der Waals surface area contributed by atoms with Crippen molar-refractivity contribution in [3.63, 3.8) is 0 Å². The number of benzene rings is 1. The van der Waals surface area contributed by atoms with E-state index >= 15 is 0 Å². The van der Waals surface area contributed by atoms with Crippen molar-refractivity contribution in [1.29, 1.82) is 0 Å². The second-order valence-electron chi connectivity index (χ2n) is 5.04. The summed E-state index contributed by atoms with van der Waals surface area (Å²) in [6, 6.07) is 6.07. The predicted molar refractivity (Wildman–Crippen MR) is 78.7 cm³/mol. The first kappa shape index (κ1) is 14.6. The molecule has 2 rings (SSSR count). The molecule has 1 N–H and O–H groups in total. The van der Waals surface area contributed by atoms with Crippen LogP contribution < -0.4 is 5.32 Å². The maximum absolute atomic E-state index is 11.5. The van der Waals surface area contributed by atoms with Crippen molar-refractivity contribution >= 4 is 29.1 Å². The topological polar surface area (TPSA) is 32.3 Å². The van der Waals surface area contributed by atoms with E-state index in [1.807, 2.05) is 19.2 Å². The Hall–Kier alpha value is -0.770. The Morgan fingerprint density at radius 1 is 1.42 bits per heavy atom. The van der Waals surface area contributed by atoms with E-state index in [-0.39, 0.29) is 11.9 Å². The number of amides is 1. The Bertz CT molecular complexity index is 479. The van der Waals surface area contributed by atoms with E-state index in [0.717, 1.165) is 18.5 Å². The van der Waals surface area contributed by atoms with Gasteiger partial charge < -0.3 is 10.2 Å². The highest BCUT2D eigenvalue weighted by Gasteiger charge is 2.24. The molecule has 1 aromatic rings. The van der Waals surface area contributed by atoms with Crippen LogP contribution in [0.1, 0.15) is 31.4 Å². The molecule has 104 valence electrons. The Morgan fingerprint density at radius 2 is 2.16 bits per heavy atom. The minimum Gasteiger partial charge on any atom is -0.344 e. The van der Waals surface area contributed by atoms with Gasteiger partial charge in [-0.2, -0.15) is 0 Å². The first-order chi connectivity index (χ1) is 8.99. The van der Waals surface area contributed by atoms with Gasteiger partial charge in [0.25, 0.3) is 0 Å². The standard InChI is InChI=1S/C14H18Cl2N2O/c1-9(11-4-3-5-12(15)14(11)16)17-10-6-7-13(19)18(2)8-10/h3-5,9-10,17H,6-8H2,1-2H3/t9-,10-/m1/s1. The van der Waals surface area contributed by atoms with Crippen LogP contribution in [0, 0.1) is 0 Å². The first-order valence-electron chi connectivity index (χ1n) is 6.43. The van der Waals surface area contributed by atoms with Gasteiger partial charge in [-0.1, -0.05) is 35.3 Å². The number of halogens is 2. The Balaban J connectivity index is 2.03. The summed E-state index contributed by atoms with van der Waals surface area (Å²) in [6.45, 7) is 2.80. The van der Waals surface area contributed by atoms with Crippen LogP contribution in [-0.4, -0.2) is 30.4 Å². The maximum Gasteiger partial charge on any atom is 0.222 e. The lowest BCUT2D eigenvalue weighted by molar-refractivity contribution is -0.132. The van der Waals surface area contributed by atoms with Gasteiger partial charge in [0.2, 0.25) is 5.91 Å². The lowest BCUT2D eigenvalue weighted by Gasteiger charge is -2.32. The lowest BCUT2D eigenvalue weighted by Crippen LogP contribution is -2.47. The van der Waals surface area contributed by atoms with Crippen LogP contribution in [0.2, 0.25) is 10.0 Å². The van der Waals surface area contributed by atoms with Gasteiger partial charge in [-0.05, 0) is 25.0 Å². The molecule has 0 saturated carbocycles. The summed E-state index contributed by atoms with van der Waals surface area (Å²) in [4.78, 5) is 13.2. The van der Waals surface area contributed by atoms with Crippen LogP contribution in [-0.2, 0) is 4.79 Å². The van der Waals surface area contributed by atoms with E-state index in [1.165, 1.54) is 0 Å². The molecule has 0 bridgehead atoms. The van der Waals surface area contributed by atoms with Crippen molar-refractivity contribution in [1.82, 2.24) is 10.2 Å². The molecule has 2 atom stereocenters. The zero-order valence-corrected chi connectivity index (χ0v) is 12.6.